The summed E-state index contributed by atoms with van der Waals surface area (Å²) < 4.78 is 1.12. The van der Waals surface area contributed by atoms with Gasteiger partial charge < -0.3 is 10.8 Å². The van der Waals surface area contributed by atoms with Gasteiger partial charge in [-0.05, 0) is 0 Å². The minimum absolute atomic E-state index is 0.00737. The van der Waals surface area contributed by atoms with E-state index in [1.54, 1.807) is 0 Å². The van der Waals surface area contributed by atoms with Gasteiger partial charge in [-0.2, -0.15) is 10.4 Å². The summed E-state index contributed by atoms with van der Waals surface area (Å²) >= 11 is 0. The molecule has 0 atom stereocenters. The van der Waals surface area contributed by atoms with Gasteiger partial charge in [0.25, 0.3) is 0 Å². The molecular weight excluding hydrogens is 224 g/mol. The van der Waals surface area contributed by atoms with E-state index in [1.807, 2.05) is 6.07 Å². The Labute approximate surface area is 95.0 Å². The van der Waals surface area contributed by atoms with Crippen LogP contribution in [0.3, 0.4) is 0 Å². The number of nitrogen functional groups attached to an aromatic ring is 1. The second-order valence-electron chi connectivity index (χ2n) is 3.02. The molecule has 2 rings (SSSR count). The molecule has 0 saturated carbocycles. The number of carboxylic acids is 1. The number of hydrogen-bond donors (Lipinski definition) is 2. The van der Waals surface area contributed by atoms with Gasteiger partial charge in [-0.1, -0.05) is 0 Å². The van der Waals surface area contributed by atoms with E-state index < -0.39 is 5.97 Å². The van der Waals surface area contributed by atoms with Gasteiger partial charge in [0.05, 0.1) is 11.9 Å². The topological polar surface area (TPSA) is 131 Å². The highest BCUT2D eigenvalue weighted by molar-refractivity contribution is 5.91. The zero-order valence-electron chi connectivity index (χ0n) is 8.40. The fourth-order valence-corrected chi connectivity index (χ4v) is 1.24. The van der Waals surface area contributed by atoms with E-state index in [-0.39, 0.29) is 22.9 Å². The number of aromatic carboxylic acids is 1. The monoisotopic (exact) mass is 230 g/mol. The summed E-state index contributed by atoms with van der Waals surface area (Å²) in [6.45, 7) is 0. The first-order chi connectivity index (χ1) is 8.13. The van der Waals surface area contributed by atoms with Crippen LogP contribution >= 0.6 is 0 Å². The molecule has 2 aromatic heterocycles. The zero-order chi connectivity index (χ0) is 12.4. The van der Waals surface area contributed by atoms with Gasteiger partial charge in [0.1, 0.15) is 6.07 Å². The van der Waals surface area contributed by atoms with Crippen molar-refractivity contribution in [3.8, 4) is 11.9 Å². The van der Waals surface area contributed by atoms with Crippen molar-refractivity contribution in [3.63, 3.8) is 0 Å². The molecule has 0 aliphatic carbocycles. The average molecular weight is 230 g/mol. The van der Waals surface area contributed by atoms with Crippen LogP contribution in [0.1, 0.15) is 16.2 Å². The van der Waals surface area contributed by atoms with Gasteiger partial charge in [-0.25, -0.2) is 19.4 Å². The van der Waals surface area contributed by atoms with Crippen LogP contribution < -0.4 is 5.73 Å². The highest BCUT2D eigenvalue weighted by Crippen LogP contribution is 2.13. The highest BCUT2D eigenvalue weighted by atomic mass is 16.4. The second-order valence-corrected chi connectivity index (χ2v) is 3.02. The molecule has 0 aliphatic heterocycles. The third-order valence-electron chi connectivity index (χ3n) is 1.95. The number of aromatic nitrogens is 4. The molecule has 0 aliphatic rings. The van der Waals surface area contributed by atoms with E-state index in [0.29, 0.717) is 0 Å². The first kappa shape index (κ1) is 10.6. The smallest absolute Gasteiger partial charge is 0.358 e. The Kier molecular flexibility index (Phi) is 2.42. The first-order valence-electron chi connectivity index (χ1n) is 4.43. The average Bonchev–Trinajstić information content (AvgIpc) is 2.71. The number of rotatable bonds is 2. The molecule has 0 unspecified atom stereocenters. The fraction of sp³-hybridized carbons (Fsp3) is 0. The van der Waals surface area contributed by atoms with E-state index in [9.17, 15) is 4.79 Å². The third-order valence-corrected chi connectivity index (χ3v) is 1.95. The summed E-state index contributed by atoms with van der Waals surface area (Å²) in [6.07, 6.45) is 4.00. The van der Waals surface area contributed by atoms with Crippen molar-refractivity contribution >= 4 is 11.7 Å². The molecular formula is C9H6N6O2. The molecule has 0 aromatic carbocycles. The lowest BCUT2D eigenvalue weighted by atomic mass is 10.4. The summed E-state index contributed by atoms with van der Waals surface area (Å²) in [6, 6.07) is 1.83. The van der Waals surface area contributed by atoms with Crippen molar-refractivity contribution in [2.24, 2.45) is 0 Å². The summed E-state index contributed by atoms with van der Waals surface area (Å²) in [5, 5.41) is 21.3. The van der Waals surface area contributed by atoms with E-state index >= 15 is 0 Å². The van der Waals surface area contributed by atoms with Gasteiger partial charge in [0.15, 0.2) is 17.2 Å². The molecule has 0 bridgehead atoms. The number of hydrogen-bond acceptors (Lipinski definition) is 6. The molecule has 17 heavy (non-hydrogen) atoms. The van der Waals surface area contributed by atoms with Gasteiger partial charge in [-0.3, -0.25) is 0 Å². The normalized spacial score (nSPS) is 9.82. The maximum atomic E-state index is 10.8. The van der Waals surface area contributed by atoms with Crippen LogP contribution in [-0.2, 0) is 0 Å². The molecule has 84 valence electrons. The Morgan fingerprint density at radius 1 is 1.47 bits per heavy atom. The van der Waals surface area contributed by atoms with Crippen LogP contribution in [0.25, 0.3) is 5.82 Å². The fourth-order valence-electron chi connectivity index (χ4n) is 1.24. The molecule has 8 heteroatoms. The predicted octanol–water partition coefficient (Wildman–Crippen LogP) is -0.186. The van der Waals surface area contributed by atoms with Crippen molar-refractivity contribution in [1.29, 1.82) is 5.26 Å². The van der Waals surface area contributed by atoms with Gasteiger partial charge in [-0.15, -0.1) is 0 Å². The van der Waals surface area contributed by atoms with Crippen molar-refractivity contribution in [2.45, 2.75) is 0 Å². The van der Waals surface area contributed by atoms with Crippen LogP contribution in [-0.4, -0.2) is 30.8 Å². The first-order valence-corrected chi connectivity index (χ1v) is 4.43. The Morgan fingerprint density at radius 3 is 2.76 bits per heavy atom. The van der Waals surface area contributed by atoms with Crippen molar-refractivity contribution < 1.29 is 9.90 Å². The summed E-state index contributed by atoms with van der Waals surface area (Å²) in [7, 11) is 0. The molecule has 0 spiro atoms. The molecule has 0 saturated heterocycles. The highest BCUT2D eigenvalue weighted by Gasteiger charge is 2.16. The standard InChI is InChI=1S/C9H6N6O2/c10-3-6-8(13-2-1-12-6)15-4-5(11)7(14-15)9(16)17/h1-2,4H,11H2,(H,16,17). The number of carboxylic acid groups (broad SMARTS) is 1. The van der Waals surface area contributed by atoms with Crippen LogP contribution in [0.4, 0.5) is 5.69 Å². The summed E-state index contributed by atoms with van der Waals surface area (Å²) in [4.78, 5) is 18.4. The number of anilines is 1. The minimum atomic E-state index is -1.25. The van der Waals surface area contributed by atoms with Crippen molar-refractivity contribution in [1.82, 2.24) is 19.7 Å². The molecule has 0 radical (unpaired) electrons. The molecule has 3 N–H and O–H groups in total. The zero-order valence-corrected chi connectivity index (χ0v) is 8.40. The number of nitrogens with zero attached hydrogens (tertiary/aromatic N) is 5. The lowest BCUT2D eigenvalue weighted by Gasteiger charge is -1.99. The maximum Gasteiger partial charge on any atom is 0.358 e. The predicted molar refractivity (Wildman–Crippen MR) is 55.2 cm³/mol. The van der Waals surface area contributed by atoms with E-state index in [1.165, 1.54) is 18.6 Å². The largest absolute Gasteiger partial charge is 0.476 e. The summed E-state index contributed by atoms with van der Waals surface area (Å²) in [5.74, 6) is -1.11. The van der Waals surface area contributed by atoms with Crippen LogP contribution in [0.5, 0.6) is 0 Å². The van der Waals surface area contributed by atoms with E-state index in [2.05, 4.69) is 15.1 Å². The van der Waals surface area contributed by atoms with Crippen LogP contribution in [0.2, 0.25) is 0 Å². The number of nitrogens with two attached hydrogens (primary N) is 1. The second kappa shape index (κ2) is 3.90. The molecule has 0 amide bonds. The van der Waals surface area contributed by atoms with E-state index in [4.69, 9.17) is 16.1 Å². The number of carbonyl (C=O) groups is 1. The van der Waals surface area contributed by atoms with E-state index in [0.717, 1.165) is 4.68 Å². The molecule has 8 nitrogen and oxygen atoms in total. The van der Waals surface area contributed by atoms with Gasteiger partial charge in [0.2, 0.25) is 0 Å². The Balaban J connectivity index is 2.58. The quantitative estimate of drug-likeness (QED) is 0.731. The number of nitriles is 1. The molecule has 0 fully saturated rings. The Bertz CT molecular complexity index is 627. The van der Waals surface area contributed by atoms with Crippen LogP contribution in [0, 0.1) is 11.3 Å². The van der Waals surface area contributed by atoms with Crippen LogP contribution in [0.15, 0.2) is 18.6 Å². The minimum Gasteiger partial charge on any atom is -0.476 e. The Hall–Kier alpha value is -2.95. The molecule has 2 aromatic rings. The third kappa shape index (κ3) is 1.76. The van der Waals surface area contributed by atoms with Gasteiger partial charge in [0, 0.05) is 12.4 Å². The summed E-state index contributed by atoms with van der Waals surface area (Å²) in [5.41, 5.74) is 5.21. The van der Waals surface area contributed by atoms with Crippen molar-refractivity contribution in [3.05, 3.63) is 30.0 Å². The van der Waals surface area contributed by atoms with Gasteiger partial charge >= 0.3 is 5.97 Å². The lowest BCUT2D eigenvalue weighted by Crippen LogP contribution is -2.05. The lowest BCUT2D eigenvalue weighted by molar-refractivity contribution is 0.0691. The van der Waals surface area contributed by atoms with Crippen molar-refractivity contribution in [2.75, 3.05) is 5.73 Å². The Morgan fingerprint density at radius 2 is 2.18 bits per heavy atom. The molecule has 2 heterocycles. The maximum absolute atomic E-state index is 10.8. The SMILES string of the molecule is N#Cc1nccnc1-n1cc(N)c(C(=O)O)n1.